The molecule has 28 heavy (non-hydrogen) atoms. The standard InChI is InChI=1S/C17H20N4O6S/c1-12-8-14(16(18-9-12)19(2)28(3,26)27)11-20(17(22)23)10-13-4-6-15(7-5-13)21(24)25/h4-9H,10-11H2,1-3H3,(H,22,23). The third-order valence-corrected chi connectivity index (χ3v) is 5.20. The lowest BCUT2D eigenvalue weighted by atomic mass is 10.1. The first-order chi connectivity index (χ1) is 13.0. The van der Waals surface area contributed by atoms with Gasteiger partial charge in [-0.15, -0.1) is 0 Å². The monoisotopic (exact) mass is 408 g/mol. The number of anilines is 1. The predicted octanol–water partition coefficient (Wildman–Crippen LogP) is 2.37. The summed E-state index contributed by atoms with van der Waals surface area (Å²) in [6, 6.07) is 7.23. The first-order valence-electron chi connectivity index (χ1n) is 8.09. The van der Waals surface area contributed by atoms with Crippen LogP contribution in [0.5, 0.6) is 0 Å². The van der Waals surface area contributed by atoms with Crippen LogP contribution < -0.4 is 4.31 Å². The highest BCUT2D eigenvalue weighted by Gasteiger charge is 2.21. The molecular formula is C17H20N4O6S. The van der Waals surface area contributed by atoms with Gasteiger partial charge in [-0.2, -0.15) is 0 Å². The summed E-state index contributed by atoms with van der Waals surface area (Å²) in [7, 11) is -2.23. The highest BCUT2D eigenvalue weighted by Crippen LogP contribution is 2.23. The largest absolute Gasteiger partial charge is 0.465 e. The van der Waals surface area contributed by atoms with Gasteiger partial charge in [-0.3, -0.25) is 19.3 Å². The minimum absolute atomic E-state index is 0.0245. The average Bonchev–Trinajstić information content (AvgIpc) is 2.60. The molecule has 0 atom stereocenters. The first kappa shape index (κ1) is 21.1. The van der Waals surface area contributed by atoms with E-state index in [-0.39, 0.29) is 24.6 Å². The van der Waals surface area contributed by atoms with Gasteiger partial charge in [-0.05, 0) is 24.1 Å². The van der Waals surface area contributed by atoms with E-state index in [1.807, 2.05) is 0 Å². The molecule has 2 aromatic rings. The van der Waals surface area contributed by atoms with Gasteiger partial charge in [0.15, 0.2) is 0 Å². The van der Waals surface area contributed by atoms with Gasteiger partial charge in [0, 0.05) is 37.5 Å². The summed E-state index contributed by atoms with van der Waals surface area (Å²) in [4.78, 5) is 27.1. The molecule has 1 amide bonds. The fourth-order valence-electron chi connectivity index (χ4n) is 2.52. The van der Waals surface area contributed by atoms with E-state index in [9.17, 15) is 28.4 Å². The minimum atomic E-state index is -3.58. The molecule has 0 spiro atoms. The lowest BCUT2D eigenvalue weighted by Crippen LogP contribution is -2.31. The lowest BCUT2D eigenvalue weighted by molar-refractivity contribution is -0.384. The molecule has 0 unspecified atom stereocenters. The molecule has 1 aromatic heterocycles. The third kappa shape index (κ3) is 5.16. The average molecular weight is 408 g/mol. The van der Waals surface area contributed by atoms with Gasteiger partial charge >= 0.3 is 6.09 Å². The summed E-state index contributed by atoms with van der Waals surface area (Å²) in [5, 5.41) is 20.3. The van der Waals surface area contributed by atoms with Crippen LogP contribution in [-0.4, -0.2) is 47.7 Å². The van der Waals surface area contributed by atoms with Gasteiger partial charge < -0.3 is 5.11 Å². The van der Waals surface area contributed by atoms with Crippen LogP contribution in [0.15, 0.2) is 36.5 Å². The number of aryl methyl sites for hydroxylation is 1. The van der Waals surface area contributed by atoms with Crippen LogP contribution in [-0.2, 0) is 23.1 Å². The van der Waals surface area contributed by atoms with E-state index in [4.69, 9.17) is 0 Å². The Bertz CT molecular complexity index is 991. The maximum Gasteiger partial charge on any atom is 0.407 e. The van der Waals surface area contributed by atoms with Crippen LogP contribution in [0.4, 0.5) is 16.3 Å². The van der Waals surface area contributed by atoms with E-state index >= 15 is 0 Å². The van der Waals surface area contributed by atoms with Crippen molar-refractivity contribution in [2.24, 2.45) is 0 Å². The summed E-state index contributed by atoms with van der Waals surface area (Å²) >= 11 is 0. The lowest BCUT2D eigenvalue weighted by Gasteiger charge is -2.24. The number of nitro benzene ring substituents is 1. The van der Waals surface area contributed by atoms with E-state index in [0.717, 1.165) is 21.0 Å². The second-order valence-electron chi connectivity index (χ2n) is 6.29. The molecule has 0 radical (unpaired) electrons. The van der Waals surface area contributed by atoms with Crippen molar-refractivity contribution in [1.29, 1.82) is 0 Å². The van der Waals surface area contributed by atoms with Gasteiger partial charge in [0.05, 0.1) is 17.7 Å². The molecule has 150 valence electrons. The molecule has 0 aliphatic carbocycles. The number of amides is 1. The zero-order valence-electron chi connectivity index (χ0n) is 15.6. The second-order valence-corrected chi connectivity index (χ2v) is 8.30. The van der Waals surface area contributed by atoms with Crippen molar-refractivity contribution in [2.45, 2.75) is 20.0 Å². The number of pyridine rings is 1. The molecule has 10 nitrogen and oxygen atoms in total. The summed E-state index contributed by atoms with van der Waals surface area (Å²) in [5.74, 6) is 0.142. The number of hydrogen-bond acceptors (Lipinski definition) is 6. The molecule has 2 rings (SSSR count). The van der Waals surface area contributed by atoms with Crippen molar-refractivity contribution in [2.75, 3.05) is 17.6 Å². The maximum absolute atomic E-state index is 11.9. The Balaban J connectivity index is 2.33. The zero-order valence-corrected chi connectivity index (χ0v) is 16.4. The van der Waals surface area contributed by atoms with Gasteiger partial charge in [-0.1, -0.05) is 12.1 Å². The number of nitrogens with zero attached hydrogens (tertiary/aromatic N) is 4. The molecule has 0 saturated carbocycles. The third-order valence-electron chi connectivity index (χ3n) is 4.03. The van der Waals surface area contributed by atoms with Crippen molar-refractivity contribution in [3.63, 3.8) is 0 Å². The molecular weight excluding hydrogens is 388 g/mol. The second kappa shape index (κ2) is 8.21. The van der Waals surface area contributed by atoms with Crippen molar-refractivity contribution in [3.05, 3.63) is 63.3 Å². The quantitative estimate of drug-likeness (QED) is 0.549. The van der Waals surface area contributed by atoms with Crippen LogP contribution in [0.2, 0.25) is 0 Å². The minimum Gasteiger partial charge on any atom is -0.465 e. The van der Waals surface area contributed by atoms with E-state index in [2.05, 4.69) is 4.98 Å². The summed E-state index contributed by atoms with van der Waals surface area (Å²) < 4.78 is 24.7. The number of carboxylic acid groups (broad SMARTS) is 1. The number of carbonyl (C=O) groups is 1. The number of aromatic nitrogens is 1. The molecule has 11 heteroatoms. The van der Waals surface area contributed by atoms with Gasteiger partial charge in [0.25, 0.3) is 5.69 Å². The molecule has 0 bridgehead atoms. The highest BCUT2D eigenvalue weighted by atomic mass is 32.2. The Morgan fingerprint density at radius 1 is 1.25 bits per heavy atom. The van der Waals surface area contributed by atoms with Crippen LogP contribution in [0.3, 0.4) is 0 Å². The summed E-state index contributed by atoms with van der Waals surface area (Å²) in [6.45, 7) is 1.64. The Labute approximate surface area is 162 Å². The topological polar surface area (TPSA) is 134 Å². The van der Waals surface area contributed by atoms with Crippen LogP contribution in [0.25, 0.3) is 0 Å². The zero-order chi connectivity index (χ0) is 21.1. The Hall–Kier alpha value is -3.21. The smallest absolute Gasteiger partial charge is 0.407 e. The molecule has 0 aliphatic rings. The van der Waals surface area contributed by atoms with Crippen LogP contribution >= 0.6 is 0 Å². The van der Waals surface area contributed by atoms with E-state index < -0.39 is 21.0 Å². The van der Waals surface area contributed by atoms with Crippen LogP contribution in [0, 0.1) is 17.0 Å². The molecule has 0 saturated heterocycles. The van der Waals surface area contributed by atoms with Crippen molar-refractivity contribution in [1.82, 2.24) is 9.88 Å². The number of non-ortho nitro benzene ring substituents is 1. The Morgan fingerprint density at radius 3 is 2.36 bits per heavy atom. The molecule has 1 heterocycles. The van der Waals surface area contributed by atoms with Gasteiger partial charge in [0.1, 0.15) is 5.82 Å². The highest BCUT2D eigenvalue weighted by molar-refractivity contribution is 7.92. The number of sulfonamides is 1. The van der Waals surface area contributed by atoms with E-state index in [1.165, 1.54) is 37.5 Å². The first-order valence-corrected chi connectivity index (χ1v) is 9.94. The maximum atomic E-state index is 11.9. The van der Waals surface area contributed by atoms with E-state index in [0.29, 0.717) is 11.1 Å². The van der Waals surface area contributed by atoms with Crippen molar-refractivity contribution in [3.8, 4) is 0 Å². The van der Waals surface area contributed by atoms with Crippen molar-refractivity contribution >= 4 is 27.6 Å². The molecule has 1 aromatic carbocycles. The number of hydrogen-bond donors (Lipinski definition) is 1. The number of benzene rings is 1. The SMILES string of the molecule is Cc1cnc(N(C)S(C)(=O)=O)c(CN(Cc2ccc([N+](=O)[O-])cc2)C(=O)O)c1. The fourth-order valence-corrected chi connectivity index (χ4v) is 3.00. The summed E-state index contributed by atoms with van der Waals surface area (Å²) in [6.07, 6.45) is 1.32. The Morgan fingerprint density at radius 2 is 1.86 bits per heavy atom. The van der Waals surface area contributed by atoms with Gasteiger partial charge in [-0.25, -0.2) is 18.2 Å². The Kier molecular flexibility index (Phi) is 6.19. The van der Waals surface area contributed by atoms with Crippen LogP contribution in [0.1, 0.15) is 16.7 Å². The fraction of sp³-hybridized carbons (Fsp3) is 0.294. The number of nitro groups is 1. The number of rotatable bonds is 7. The molecule has 1 N–H and O–H groups in total. The summed E-state index contributed by atoms with van der Waals surface area (Å²) in [5.41, 5.74) is 1.65. The predicted molar refractivity (Wildman–Crippen MR) is 103 cm³/mol. The molecule has 0 aliphatic heterocycles. The van der Waals surface area contributed by atoms with Crippen molar-refractivity contribution < 1.29 is 23.2 Å². The normalized spacial score (nSPS) is 11.1. The molecule has 0 fully saturated rings. The van der Waals surface area contributed by atoms with Gasteiger partial charge in [0.2, 0.25) is 10.0 Å². The van der Waals surface area contributed by atoms with E-state index in [1.54, 1.807) is 13.0 Å².